The van der Waals surface area contributed by atoms with Crippen molar-refractivity contribution in [2.45, 2.75) is 57.2 Å². The molecule has 1 saturated carbocycles. The average molecular weight is 274 g/mol. The summed E-state index contributed by atoms with van der Waals surface area (Å²) in [5.41, 5.74) is 1.98. The van der Waals surface area contributed by atoms with Gasteiger partial charge in [-0.25, -0.2) is 0 Å². The molecule has 0 amide bonds. The van der Waals surface area contributed by atoms with Gasteiger partial charge in [0.2, 0.25) is 0 Å². The van der Waals surface area contributed by atoms with Gasteiger partial charge in [0.05, 0.1) is 6.10 Å². The molecule has 0 heterocycles. The van der Waals surface area contributed by atoms with Crippen LogP contribution in [0.25, 0.3) is 0 Å². The molecule has 0 spiro atoms. The minimum atomic E-state index is 0.220. The lowest BCUT2D eigenvalue weighted by Crippen LogP contribution is -2.30. The van der Waals surface area contributed by atoms with E-state index < -0.39 is 0 Å². The molecule has 1 fully saturated rings. The number of ketones is 1. The van der Waals surface area contributed by atoms with Crippen LogP contribution in [0.4, 0.5) is 0 Å². The maximum absolute atomic E-state index is 12.0. The van der Waals surface area contributed by atoms with Gasteiger partial charge < -0.3 is 9.47 Å². The van der Waals surface area contributed by atoms with Gasteiger partial charge in [0.25, 0.3) is 0 Å². The molecule has 0 radical (unpaired) electrons. The van der Waals surface area contributed by atoms with E-state index >= 15 is 0 Å². The van der Waals surface area contributed by atoms with Crippen molar-refractivity contribution in [1.82, 2.24) is 0 Å². The second-order valence-corrected chi connectivity index (χ2v) is 5.82. The van der Waals surface area contributed by atoms with Gasteiger partial charge in [-0.05, 0) is 38.2 Å². The lowest BCUT2D eigenvalue weighted by molar-refractivity contribution is 0.0206. The first-order valence-corrected chi connectivity index (χ1v) is 7.62. The van der Waals surface area contributed by atoms with E-state index in [-0.39, 0.29) is 11.9 Å². The molecule has 2 aliphatic carbocycles. The summed E-state index contributed by atoms with van der Waals surface area (Å²) in [7, 11) is 1.77. The predicted octanol–water partition coefficient (Wildman–Crippen LogP) is 3.54. The van der Waals surface area contributed by atoms with E-state index in [1.165, 1.54) is 0 Å². The van der Waals surface area contributed by atoms with Gasteiger partial charge in [0.15, 0.2) is 5.78 Å². The second kappa shape index (κ2) is 5.96. The lowest BCUT2D eigenvalue weighted by Gasteiger charge is -2.30. The number of hydrogen-bond donors (Lipinski definition) is 0. The summed E-state index contributed by atoms with van der Waals surface area (Å²) < 4.78 is 11.7. The van der Waals surface area contributed by atoms with Crippen LogP contribution in [0.2, 0.25) is 0 Å². The van der Waals surface area contributed by atoms with E-state index in [2.05, 4.69) is 0 Å². The molecule has 3 rings (SSSR count). The van der Waals surface area contributed by atoms with Crippen LogP contribution >= 0.6 is 0 Å². The number of methoxy groups -OCH3 is 1. The summed E-state index contributed by atoms with van der Waals surface area (Å²) >= 11 is 0. The molecule has 0 saturated heterocycles. The van der Waals surface area contributed by atoms with Crippen molar-refractivity contribution in [2.24, 2.45) is 0 Å². The zero-order valence-corrected chi connectivity index (χ0v) is 12.1. The highest BCUT2D eigenvalue weighted by atomic mass is 16.5. The van der Waals surface area contributed by atoms with Crippen LogP contribution in [0, 0.1) is 0 Å². The first-order valence-electron chi connectivity index (χ1n) is 7.62. The number of Topliss-reactive ketones (excluding diaryl/α,β-unsaturated/α-hetero) is 1. The minimum Gasteiger partial charge on any atom is -0.490 e. The maximum Gasteiger partial charge on any atom is 0.163 e. The fourth-order valence-electron chi connectivity index (χ4n) is 3.36. The zero-order valence-electron chi connectivity index (χ0n) is 12.1. The summed E-state index contributed by atoms with van der Waals surface area (Å²) in [5.74, 6) is 1.17. The Kier molecular flexibility index (Phi) is 4.06. The Morgan fingerprint density at radius 1 is 1.10 bits per heavy atom. The minimum absolute atomic E-state index is 0.220. The third-order valence-electron chi connectivity index (χ3n) is 4.47. The number of ether oxygens (including phenoxy) is 2. The van der Waals surface area contributed by atoms with Crippen LogP contribution in [-0.4, -0.2) is 25.1 Å². The Bertz CT molecular complexity index is 495. The number of benzene rings is 1. The molecule has 108 valence electrons. The monoisotopic (exact) mass is 274 g/mol. The third kappa shape index (κ3) is 2.73. The van der Waals surface area contributed by atoms with Gasteiger partial charge in [0.1, 0.15) is 11.9 Å². The summed E-state index contributed by atoms with van der Waals surface area (Å²) in [6.45, 7) is 0. The van der Waals surface area contributed by atoms with E-state index in [1.54, 1.807) is 7.11 Å². The summed E-state index contributed by atoms with van der Waals surface area (Å²) in [6, 6.07) is 5.88. The van der Waals surface area contributed by atoms with Crippen molar-refractivity contribution >= 4 is 5.78 Å². The van der Waals surface area contributed by atoms with E-state index in [4.69, 9.17) is 9.47 Å². The van der Waals surface area contributed by atoms with E-state index in [0.29, 0.717) is 12.5 Å². The Hall–Kier alpha value is -1.35. The van der Waals surface area contributed by atoms with E-state index in [9.17, 15) is 4.79 Å². The fraction of sp³-hybridized carbons (Fsp3) is 0.588. The van der Waals surface area contributed by atoms with Crippen molar-refractivity contribution in [1.29, 1.82) is 0 Å². The Labute approximate surface area is 120 Å². The SMILES string of the molecule is COC1CCCC(Oc2cccc3c2CCCC3=O)C1. The van der Waals surface area contributed by atoms with Gasteiger partial charge in [0, 0.05) is 31.1 Å². The van der Waals surface area contributed by atoms with Crippen molar-refractivity contribution in [3.63, 3.8) is 0 Å². The van der Waals surface area contributed by atoms with Gasteiger partial charge in [-0.2, -0.15) is 0 Å². The Morgan fingerprint density at radius 3 is 2.80 bits per heavy atom. The van der Waals surface area contributed by atoms with Crippen LogP contribution < -0.4 is 4.74 Å². The van der Waals surface area contributed by atoms with E-state index in [0.717, 1.165) is 55.4 Å². The molecule has 3 nitrogen and oxygen atoms in total. The second-order valence-electron chi connectivity index (χ2n) is 5.82. The summed E-state index contributed by atoms with van der Waals surface area (Å²) in [6.07, 6.45) is 7.41. The van der Waals surface area contributed by atoms with E-state index in [1.807, 2.05) is 18.2 Å². The van der Waals surface area contributed by atoms with Crippen molar-refractivity contribution < 1.29 is 14.3 Å². The van der Waals surface area contributed by atoms with Crippen molar-refractivity contribution in [3.8, 4) is 5.75 Å². The fourth-order valence-corrected chi connectivity index (χ4v) is 3.36. The number of carbonyl (C=O) groups excluding carboxylic acids is 1. The summed E-state index contributed by atoms with van der Waals surface area (Å²) in [5, 5.41) is 0. The Morgan fingerprint density at radius 2 is 1.95 bits per heavy atom. The Balaban J connectivity index is 1.77. The molecule has 3 heteroatoms. The lowest BCUT2D eigenvalue weighted by atomic mass is 9.89. The van der Waals surface area contributed by atoms with Gasteiger partial charge in [-0.3, -0.25) is 4.79 Å². The maximum atomic E-state index is 12.0. The molecule has 2 atom stereocenters. The van der Waals surface area contributed by atoms with Gasteiger partial charge in [-0.15, -0.1) is 0 Å². The third-order valence-corrected chi connectivity index (χ3v) is 4.47. The van der Waals surface area contributed by atoms with Crippen LogP contribution in [0.15, 0.2) is 18.2 Å². The first-order chi connectivity index (χ1) is 9.78. The number of fused-ring (bicyclic) bond motifs is 1. The number of carbonyl (C=O) groups is 1. The molecule has 0 aliphatic heterocycles. The normalized spacial score (nSPS) is 26.1. The van der Waals surface area contributed by atoms with Crippen molar-refractivity contribution in [2.75, 3.05) is 7.11 Å². The van der Waals surface area contributed by atoms with Crippen LogP contribution in [0.3, 0.4) is 0 Å². The average Bonchev–Trinajstić information content (AvgIpc) is 2.49. The topological polar surface area (TPSA) is 35.5 Å². The van der Waals surface area contributed by atoms with Crippen LogP contribution in [0.5, 0.6) is 5.75 Å². The largest absolute Gasteiger partial charge is 0.490 e. The summed E-state index contributed by atoms with van der Waals surface area (Å²) in [4.78, 5) is 12.0. The van der Waals surface area contributed by atoms with Gasteiger partial charge in [-0.1, -0.05) is 12.1 Å². The molecule has 2 aliphatic rings. The quantitative estimate of drug-likeness (QED) is 0.845. The zero-order chi connectivity index (χ0) is 13.9. The molecule has 0 bridgehead atoms. The van der Waals surface area contributed by atoms with Crippen LogP contribution in [-0.2, 0) is 11.2 Å². The smallest absolute Gasteiger partial charge is 0.163 e. The highest BCUT2D eigenvalue weighted by molar-refractivity contribution is 5.99. The molecule has 20 heavy (non-hydrogen) atoms. The van der Waals surface area contributed by atoms with Crippen LogP contribution in [0.1, 0.15) is 54.4 Å². The molecule has 2 unspecified atom stereocenters. The number of rotatable bonds is 3. The molecule has 1 aromatic rings. The molecule has 1 aromatic carbocycles. The first kappa shape index (κ1) is 13.6. The standard InChI is InChI=1S/C17H22O3/c1-19-12-5-2-6-13(11-12)20-17-10-4-7-14-15(17)8-3-9-16(14)18/h4,7,10,12-13H,2-3,5-6,8-9,11H2,1H3. The van der Waals surface area contributed by atoms with Crippen molar-refractivity contribution in [3.05, 3.63) is 29.3 Å². The number of hydrogen-bond acceptors (Lipinski definition) is 3. The molecule has 0 aromatic heterocycles. The highest BCUT2D eigenvalue weighted by Gasteiger charge is 2.26. The molecular weight excluding hydrogens is 252 g/mol. The molecule has 0 N–H and O–H groups in total. The predicted molar refractivity (Wildman–Crippen MR) is 77.4 cm³/mol. The van der Waals surface area contributed by atoms with Gasteiger partial charge >= 0.3 is 0 Å². The highest BCUT2D eigenvalue weighted by Crippen LogP contribution is 2.32. The molecular formula is C17H22O3.